The van der Waals surface area contributed by atoms with E-state index in [0.717, 1.165) is 0 Å². The van der Waals surface area contributed by atoms with Crippen LogP contribution < -0.4 is 5.32 Å². The lowest BCUT2D eigenvalue weighted by Gasteiger charge is -2.15. The van der Waals surface area contributed by atoms with Gasteiger partial charge >= 0.3 is 7.60 Å². The Hall–Kier alpha value is -0.420. The molecule has 0 rings (SSSR count). The van der Waals surface area contributed by atoms with Gasteiger partial charge in [-0.05, 0) is 13.8 Å². The smallest absolute Gasteiger partial charge is 0.340 e. The van der Waals surface area contributed by atoms with Crippen molar-refractivity contribution >= 4 is 13.5 Å². The normalized spacial score (nSPS) is 11.4. The molecule has 7 heteroatoms. The lowest BCUT2D eigenvalue weighted by molar-refractivity contribution is -0.119. The van der Waals surface area contributed by atoms with Crippen LogP contribution in [-0.4, -0.2) is 37.1 Å². The van der Waals surface area contributed by atoms with Crippen molar-refractivity contribution in [2.24, 2.45) is 0 Å². The summed E-state index contributed by atoms with van der Waals surface area (Å²) in [6.45, 7) is 3.26. The van der Waals surface area contributed by atoms with E-state index >= 15 is 0 Å². The van der Waals surface area contributed by atoms with E-state index in [4.69, 9.17) is 14.2 Å². The molecule has 0 aromatic heterocycles. The van der Waals surface area contributed by atoms with Crippen molar-refractivity contribution in [3.63, 3.8) is 0 Å². The second-order valence-electron chi connectivity index (χ2n) is 2.36. The van der Waals surface area contributed by atoms with Gasteiger partial charge in [0.1, 0.15) is 12.9 Å². The summed E-state index contributed by atoms with van der Waals surface area (Å²) in [6.07, 6.45) is -0.366. The van der Waals surface area contributed by atoms with Crippen molar-refractivity contribution < 1.29 is 23.5 Å². The quantitative estimate of drug-likeness (QED) is 0.481. The molecule has 14 heavy (non-hydrogen) atoms. The molecule has 6 nitrogen and oxygen atoms in total. The van der Waals surface area contributed by atoms with Crippen LogP contribution in [0.25, 0.3) is 0 Å². The lowest BCUT2D eigenvalue weighted by Crippen LogP contribution is -2.27. The fourth-order valence-corrected chi connectivity index (χ4v) is 2.35. The summed E-state index contributed by atoms with van der Waals surface area (Å²) in [4.78, 5) is 11.0. The average Bonchev–Trinajstić information content (AvgIpc) is 2.04. The molecule has 0 heterocycles. The van der Waals surface area contributed by atoms with E-state index in [9.17, 15) is 9.36 Å². The SMILES string of the molecule is CCOP(=O)(CC(=O)NCO)OCC. The van der Waals surface area contributed by atoms with Crippen molar-refractivity contribution in [1.29, 1.82) is 0 Å². The van der Waals surface area contributed by atoms with E-state index in [2.05, 4.69) is 5.32 Å². The summed E-state index contributed by atoms with van der Waals surface area (Å²) in [7, 11) is -3.33. The van der Waals surface area contributed by atoms with Crippen LogP contribution in [0.2, 0.25) is 0 Å². The Bertz CT molecular complexity index is 210. The minimum absolute atomic E-state index is 0.212. The number of nitrogens with one attached hydrogen (secondary N) is 1. The Labute approximate surface area is 83.1 Å². The van der Waals surface area contributed by atoms with Gasteiger partial charge in [0.05, 0.1) is 13.2 Å². The van der Waals surface area contributed by atoms with Crippen LogP contribution in [0, 0.1) is 0 Å². The highest BCUT2D eigenvalue weighted by molar-refractivity contribution is 7.54. The highest BCUT2D eigenvalue weighted by Crippen LogP contribution is 2.47. The maximum absolute atomic E-state index is 11.7. The highest BCUT2D eigenvalue weighted by atomic mass is 31.2. The summed E-state index contributed by atoms with van der Waals surface area (Å²) >= 11 is 0. The van der Waals surface area contributed by atoms with Crippen molar-refractivity contribution in [2.45, 2.75) is 13.8 Å². The van der Waals surface area contributed by atoms with Crippen molar-refractivity contribution in [3.05, 3.63) is 0 Å². The molecule has 0 radical (unpaired) electrons. The predicted octanol–water partition coefficient (Wildman–Crippen LogP) is 0.318. The zero-order valence-electron chi connectivity index (χ0n) is 8.36. The van der Waals surface area contributed by atoms with Crippen molar-refractivity contribution in [2.75, 3.05) is 26.1 Å². The third-order valence-corrected chi connectivity index (χ3v) is 3.24. The van der Waals surface area contributed by atoms with Gasteiger partial charge in [0, 0.05) is 0 Å². The monoisotopic (exact) mass is 225 g/mol. The van der Waals surface area contributed by atoms with Gasteiger partial charge in [-0.15, -0.1) is 0 Å². The largest absolute Gasteiger partial charge is 0.377 e. The van der Waals surface area contributed by atoms with Crippen LogP contribution >= 0.6 is 7.60 Å². The Balaban J connectivity index is 4.21. The number of hydrogen-bond acceptors (Lipinski definition) is 5. The Kier molecular flexibility index (Phi) is 6.74. The van der Waals surface area contributed by atoms with Gasteiger partial charge in [-0.1, -0.05) is 0 Å². The van der Waals surface area contributed by atoms with E-state index in [1.165, 1.54) is 0 Å². The van der Waals surface area contributed by atoms with E-state index in [-0.39, 0.29) is 19.4 Å². The van der Waals surface area contributed by atoms with Crippen LogP contribution in [-0.2, 0) is 18.4 Å². The summed E-state index contributed by atoms with van der Waals surface area (Å²) in [6, 6.07) is 0. The molecule has 0 atom stereocenters. The molecule has 0 aromatic carbocycles. The molecule has 0 bridgehead atoms. The molecule has 0 spiro atoms. The molecule has 0 aliphatic heterocycles. The molecule has 2 N–H and O–H groups in total. The fraction of sp³-hybridized carbons (Fsp3) is 0.857. The zero-order valence-corrected chi connectivity index (χ0v) is 9.25. The van der Waals surface area contributed by atoms with E-state index in [1.54, 1.807) is 13.8 Å². The predicted molar refractivity (Wildman–Crippen MR) is 51.0 cm³/mol. The minimum Gasteiger partial charge on any atom is -0.377 e. The Morgan fingerprint density at radius 2 is 1.86 bits per heavy atom. The maximum Gasteiger partial charge on any atom is 0.340 e. The number of aliphatic hydroxyl groups is 1. The van der Waals surface area contributed by atoms with Crippen LogP contribution in [0.5, 0.6) is 0 Å². The molecule has 84 valence electrons. The first-order chi connectivity index (χ1) is 6.58. The first-order valence-corrected chi connectivity index (χ1v) is 6.06. The van der Waals surface area contributed by atoms with Crippen LogP contribution in [0.4, 0.5) is 0 Å². The van der Waals surface area contributed by atoms with E-state index in [1.807, 2.05) is 0 Å². The summed E-state index contributed by atoms with van der Waals surface area (Å²) in [5.74, 6) is -0.558. The molecule has 1 amide bonds. The Morgan fingerprint density at radius 1 is 1.36 bits per heavy atom. The van der Waals surface area contributed by atoms with Gasteiger partial charge in [0.2, 0.25) is 5.91 Å². The van der Waals surface area contributed by atoms with Gasteiger partial charge in [-0.25, -0.2) is 0 Å². The molecule has 0 saturated heterocycles. The van der Waals surface area contributed by atoms with E-state index in [0.29, 0.717) is 0 Å². The minimum atomic E-state index is -3.33. The second-order valence-corrected chi connectivity index (χ2v) is 4.42. The average molecular weight is 225 g/mol. The standard InChI is InChI=1S/C7H16NO5P/c1-3-12-14(11,13-4-2)5-7(10)8-6-9/h9H,3-6H2,1-2H3,(H,8,10). The molecule has 0 fully saturated rings. The highest BCUT2D eigenvalue weighted by Gasteiger charge is 2.27. The second kappa shape index (κ2) is 6.95. The molecule has 0 unspecified atom stereocenters. The van der Waals surface area contributed by atoms with Gasteiger partial charge in [-0.3, -0.25) is 9.36 Å². The number of amides is 1. The number of rotatable bonds is 7. The van der Waals surface area contributed by atoms with Crippen molar-refractivity contribution in [1.82, 2.24) is 5.32 Å². The zero-order chi connectivity index (χ0) is 11.0. The molecular formula is C7H16NO5P. The lowest BCUT2D eigenvalue weighted by atomic mass is 10.7. The molecule has 0 aliphatic carbocycles. The number of aliphatic hydroxyl groups excluding tert-OH is 1. The van der Waals surface area contributed by atoms with Crippen LogP contribution in [0.1, 0.15) is 13.8 Å². The summed E-state index contributed by atoms with van der Waals surface area (Å²) < 4.78 is 21.5. The summed E-state index contributed by atoms with van der Waals surface area (Å²) in [5, 5.41) is 10.5. The fourth-order valence-electron chi connectivity index (χ4n) is 0.842. The topological polar surface area (TPSA) is 84.9 Å². The first-order valence-electron chi connectivity index (χ1n) is 4.33. The Morgan fingerprint density at radius 3 is 2.21 bits per heavy atom. The van der Waals surface area contributed by atoms with Gasteiger partial charge in [0.15, 0.2) is 0 Å². The van der Waals surface area contributed by atoms with Crippen LogP contribution in [0.15, 0.2) is 0 Å². The first kappa shape index (κ1) is 13.6. The van der Waals surface area contributed by atoms with Gasteiger partial charge in [0.25, 0.3) is 0 Å². The van der Waals surface area contributed by atoms with Crippen LogP contribution in [0.3, 0.4) is 0 Å². The van der Waals surface area contributed by atoms with Gasteiger partial charge < -0.3 is 19.5 Å². The molecule has 0 aliphatic rings. The third kappa shape index (κ3) is 5.34. The third-order valence-electron chi connectivity index (χ3n) is 1.27. The van der Waals surface area contributed by atoms with E-state index < -0.39 is 20.2 Å². The molecule has 0 aromatic rings. The molecule has 0 saturated carbocycles. The van der Waals surface area contributed by atoms with Gasteiger partial charge in [-0.2, -0.15) is 0 Å². The molecular weight excluding hydrogens is 209 g/mol. The number of carbonyl (C=O) groups is 1. The number of hydrogen-bond donors (Lipinski definition) is 2. The maximum atomic E-state index is 11.7. The number of carbonyl (C=O) groups excluding carboxylic acids is 1. The summed E-state index contributed by atoms with van der Waals surface area (Å²) in [5.41, 5.74) is 0. The van der Waals surface area contributed by atoms with Crippen molar-refractivity contribution in [3.8, 4) is 0 Å².